The number of rotatable bonds is 3. The molecule has 92 valence electrons. The largest absolute Gasteiger partial charge is 0.294 e. The fourth-order valence-corrected chi connectivity index (χ4v) is 1.90. The van der Waals surface area contributed by atoms with Gasteiger partial charge in [0.2, 0.25) is 0 Å². The molecule has 0 aliphatic heterocycles. The zero-order valence-electron chi connectivity index (χ0n) is 9.29. The lowest BCUT2D eigenvalue weighted by atomic mass is 10.0. The lowest BCUT2D eigenvalue weighted by molar-refractivity contribution is 0.0985. The quantitative estimate of drug-likeness (QED) is 0.766. The number of ketones is 1. The number of carbonyl (C=O) groups is 1. The van der Waals surface area contributed by atoms with E-state index in [0.29, 0.717) is 10.6 Å². The van der Waals surface area contributed by atoms with Crippen LogP contribution in [-0.4, -0.2) is 5.78 Å². The van der Waals surface area contributed by atoms with E-state index in [1.807, 2.05) is 0 Å². The van der Waals surface area contributed by atoms with Crippen LogP contribution in [0, 0.1) is 11.6 Å². The minimum Gasteiger partial charge on any atom is -0.294 e. The van der Waals surface area contributed by atoms with Crippen molar-refractivity contribution in [1.29, 1.82) is 0 Å². The smallest absolute Gasteiger partial charge is 0.173 e. The van der Waals surface area contributed by atoms with Crippen molar-refractivity contribution >= 4 is 17.4 Å². The molecule has 0 aliphatic carbocycles. The van der Waals surface area contributed by atoms with Crippen molar-refractivity contribution in [2.75, 3.05) is 0 Å². The van der Waals surface area contributed by atoms with Gasteiger partial charge in [0, 0.05) is 11.4 Å². The first kappa shape index (κ1) is 12.7. The molecule has 0 saturated heterocycles. The van der Waals surface area contributed by atoms with Gasteiger partial charge < -0.3 is 0 Å². The molecule has 0 fully saturated rings. The first-order valence-electron chi connectivity index (χ1n) is 5.29. The number of halogens is 3. The van der Waals surface area contributed by atoms with Gasteiger partial charge in [-0.15, -0.1) is 0 Å². The molecule has 0 unspecified atom stereocenters. The standard InChI is InChI=1S/C14H9ClF2O/c15-10-4-1-3-9(7-10)8-13(18)14-11(16)5-2-6-12(14)17/h1-7H,8H2. The Labute approximate surface area is 108 Å². The molecular formula is C14H9ClF2O. The maximum Gasteiger partial charge on any atom is 0.173 e. The molecule has 2 rings (SSSR count). The van der Waals surface area contributed by atoms with Crippen LogP contribution in [0.1, 0.15) is 15.9 Å². The molecule has 0 N–H and O–H groups in total. The Morgan fingerprint density at radius 3 is 2.28 bits per heavy atom. The van der Waals surface area contributed by atoms with Gasteiger partial charge in [-0.05, 0) is 29.8 Å². The summed E-state index contributed by atoms with van der Waals surface area (Å²) in [7, 11) is 0. The highest BCUT2D eigenvalue weighted by Crippen LogP contribution is 2.17. The zero-order chi connectivity index (χ0) is 13.1. The average Bonchev–Trinajstić information content (AvgIpc) is 2.28. The third kappa shape index (κ3) is 2.74. The summed E-state index contributed by atoms with van der Waals surface area (Å²) < 4.78 is 26.8. The number of benzene rings is 2. The molecule has 0 aliphatic rings. The zero-order valence-corrected chi connectivity index (χ0v) is 10.0. The molecule has 1 nitrogen and oxygen atoms in total. The van der Waals surface area contributed by atoms with Crippen LogP contribution in [-0.2, 0) is 6.42 Å². The number of hydrogen-bond donors (Lipinski definition) is 0. The average molecular weight is 267 g/mol. The highest BCUT2D eigenvalue weighted by Gasteiger charge is 2.17. The SMILES string of the molecule is O=C(Cc1cccc(Cl)c1)c1c(F)cccc1F. The van der Waals surface area contributed by atoms with Crippen molar-refractivity contribution in [3.8, 4) is 0 Å². The van der Waals surface area contributed by atoms with Crippen LogP contribution in [0.15, 0.2) is 42.5 Å². The van der Waals surface area contributed by atoms with Crippen molar-refractivity contribution in [2.45, 2.75) is 6.42 Å². The minimum atomic E-state index is -0.845. The highest BCUT2D eigenvalue weighted by atomic mass is 35.5. The van der Waals surface area contributed by atoms with Gasteiger partial charge in [-0.1, -0.05) is 29.8 Å². The molecule has 0 spiro atoms. The van der Waals surface area contributed by atoms with E-state index in [0.717, 1.165) is 12.1 Å². The number of hydrogen-bond acceptors (Lipinski definition) is 1. The Kier molecular flexibility index (Phi) is 3.72. The van der Waals surface area contributed by atoms with Gasteiger partial charge in [-0.2, -0.15) is 0 Å². The fraction of sp³-hybridized carbons (Fsp3) is 0.0714. The summed E-state index contributed by atoms with van der Waals surface area (Å²) >= 11 is 5.78. The summed E-state index contributed by atoms with van der Waals surface area (Å²) in [6, 6.07) is 9.98. The molecular weight excluding hydrogens is 258 g/mol. The van der Waals surface area contributed by atoms with Gasteiger partial charge in [0.15, 0.2) is 5.78 Å². The van der Waals surface area contributed by atoms with Crippen molar-refractivity contribution in [2.24, 2.45) is 0 Å². The van der Waals surface area contributed by atoms with Crippen molar-refractivity contribution in [3.63, 3.8) is 0 Å². The van der Waals surface area contributed by atoms with E-state index in [2.05, 4.69) is 0 Å². The fourth-order valence-electron chi connectivity index (χ4n) is 1.68. The molecule has 18 heavy (non-hydrogen) atoms. The van der Waals surface area contributed by atoms with Crippen LogP contribution in [0.3, 0.4) is 0 Å². The summed E-state index contributed by atoms with van der Waals surface area (Å²) in [5.41, 5.74) is 0.118. The third-order valence-electron chi connectivity index (χ3n) is 2.50. The summed E-state index contributed by atoms with van der Waals surface area (Å²) in [5, 5.41) is 0.481. The van der Waals surface area contributed by atoms with E-state index in [1.165, 1.54) is 6.07 Å². The van der Waals surface area contributed by atoms with Crippen LogP contribution >= 0.6 is 11.6 Å². The Bertz CT molecular complexity index is 576. The lowest BCUT2D eigenvalue weighted by Crippen LogP contribution is -2.08. The van der Waals surface area contributed by atoms with Crippen molar-refractivity contribution in [3.05, 3.63) is 70.2 Å². The van der Waals surface area contributed by atoms with Crippen LogP contribution in [0.25, 0.3) is 0 Å². The van der Waals surface area contributed by atoms with Crippen molar-refractivity contribution < 1.29 is 13.6 Å². The predicted molar refractivity (Wildman–Crippen MR) is 65.8 cm³/mol. The van der Waals surface area contributed by atoms with Gasteiger partial charge in [0.1, 0.15) is 11.6 Å². The number of carbonyl (C=O) groups excluding carboxylic acids is 1. The Morgan fingerprint density at radius 1 is 1.06 bits per heavy atom. The van der Waals surface area contributed by atoms with E-state index in [4.69, 9.17) is 11.6 Å². The summed E-state index contributed by atoms with van der Waals surface area (Å²) in [4.78, 5) is 11.8. The third-order valence-corrected chi connectivity index (χ3v) is 2.73. The maximum atomic E-state index is 13.4. The first-order chi connectivity index (χ1) is 8.58. The van der Waals surface area contributed by atoms with Gasteiger partial charge in [-0.3, -0.25) is 4.79 Å². The summed E-state index contributed by atoms with van der Waals surface area (Å²) in [6.45, 7) is 0. The lowest BCUT2D eigenvalue weighted by Gasteiger charge is -2.04. The molecule has 0 heterocycles. The Morgan fingerprint density at radius 2 is 1.67 bits per heavy atom. The van der Waals surface area contributed by atoms with Crippen LogP contribution in [0.5, 0.6) is 0 Å². The van der Waals surface area contributed by atoms with Gasteiger partial charge >= 0.3 is 0 Å². The van der Waals surface area contributed by atoms with Crippen LogP contribution < -0.4 is 0 Å². The van der Waals surface area contributed by atoms with E-state index < -0.39 is 23.0 Å². The molecule has 0 saturated carbocycles. The summed E-state index contributed by atoms with van der Waals surface area (Å²) in [6.07, 6.45) is -0.0849. The molecule has 2 aromatic rings. The molecule has 0 amide bonds. The predicted octanol–water partition coefficient (Wildman–Crippen LogP) is 4.04. The van der Waals surface area contributed by atoms with Gasteiger partial charge in [-0.25, -0.2) is 8.78 Å². The van der Waals surface area contributed by atoms with Crippen LogP contribution in [0.4, 0.5) is 8.78 Å². The van der Waals surface area contributed by atoms with E-state index in [1.54, 1.807) is 24.3 Å². The monoisotopic (exact) mass is 266 g/mol. The second-order valence-corrected chi connectivity index (χ2v) is 4.26. The highest BCUT2D eigenvalue weighted by molar-refractivity contribution is 6.30. The molecule has 2 aromatic carbocycles. The van der Waals surface area contributed by atoms with Gasteiger partial charge in [0.25, 0.3) is 0 Å². The number of Topliss-reactive ketones (excluding diaryl/α,β-unsaturated/α-hetero) is 1. The second kappa shape index (κ2) is 5.27. The van der Waals surface area contributed by atoms with Crippen LogP contribution in [0.2, 0.25) is 5.02 Å². The van der Waals surface area contributed by atoms with E-state index in [-0.39, 0.29) is 6.42 Å². The van der Waals surface area contributed by atoms with E-state index >= 15 is 0 Å². The normalized spacial score (nSPS) is 10.4. The molecule has 4 heteroatoms. The molecule has 0 aromatic heterocycles. The first-order valence-corrected chi connectivity index (χ1v) is 5.67. The minimum absolute atomic E-state index is 0.0849. The summed E-state index contributed by atoms with van der Waals surface area (Å²) in [5.74, 6) is -2.29. The van der Waals surface area contributed by atoms with E-state index in [9.17, 15) is 13.6 Å². The Hall–Kier alpha value is -1.74. The molecule has 0 bridgehead atoms. The maximum absolute atomic E-state index is 13.4. The molecule has 0 radical (unpaired) electrons. The van der Waals surface area contributed by atoms with Crippen molar-refractivity contribution in [1.82, 2.24) is 0 Å². The molecule has 0 atom stereocenters. The van der Waals surface area contributed by atoms with Gasteiger partial charge in [0.05, 0.1) is 5.56 Å². The topological polar surface area (TPSA) is 17.1 Å². The Balaban J connectivity index is 2.28. The second-order valence-electron chi connectivity index (χ2n) is 3.83.